The molecule has 0 bridgehead atoms. The standard InChI is InChI=1S/C29H33ClN2O4/c1-5-35-25(33)11-8-20-17-21-7-6-14-31-27(21)26(23-10-9-22(30)18-24(20)23)19-12-15-32(16-13-19)28(34)36-29(2,3)4/h6-11,14,17-19,26H,5,12-13,15-16H2,1-4H3/b11-8+. The van der Waals surface area contributed by atoms with Crippen LogP contribution in [0.3, 0.4) is 0 Å². The lowest BCUT2D eigenvalue weighted by Crippen LogP contribution is -2.42. The molecule has 0 radical (unpaired) electrons. The van der Waals surface area contributed by atoms with Crippen molar-refractivity contribution >= 4 is 35.3 Å². The number of rotatable bonds is 4. The molecular formula is C29H33ClN2O4. The summed E-state index contributed by atoms with van der Waals surface area (Å²) in [5.41, 5.74) is 4.45. The van der Waals surface area contributed by atoms with E-state index >= 15 is 0 Å². The number of ether oxygens (including phenoxy) is 2. The summed E-state index contributed by atoms with van der Waals surface area (Å²) in [7, 11) is 0. The number of esters is 1. The molecule has 2 aliphatic rings. The monoisotopic (exact) mass is 508 g/mol. The largest absolute Gasteiger partial charge is 0.463 e. The van der Waals surface area contributed by atoms with E-state index in [1.165, 1.54) is 6.08 Å². The van der Waals surface area contributed by atoms with E-state index in [2.05, 4.69) is 18.2 Å². The Bertz CT molecular complexity index is 1190. The van der Waals surface area contributed by atoms with Crippen molar-refractivity contribution < 1.29 is 19.1 Å². The number of nitrogens with zero attached hydrogens (tertiary/aromatic N) is 2. The Labute approximate surface area is 217 Å². The molecule has 2 aromatic rings. The zero-order valence-electron chi connectivity index (χ0n) is 21.3. The topological polar surface area (TPSA) is 68.7 Å². The van der Waals surface area contributed by atoms with E-state index in [0.29, 0.717) is 24.7 Å². The van der Waals surface area contributed by atoms with Crippen LogP contribution in [0.4, 0.5) is 4.79 Å². The number of halogens is 1. The lowest BCUT2D eigenvalue weighted by molar-refractivity contribution is -0.137. The fourth-order valence-corrected chi connectivity index (χ4v) is 5.13. The van der Waals surface area contributed by atoms with Crippen molar-refractivity contribution in [2.75, 3.05) is 19.7 Å². The van der Waals surface area contributed by atoms with Crippen molar-refractivity contribution in [3.8, 4) is 0 Å². The van der Waals surface area contributed by atoms with Gasteiger partial charge in [0.05, 0.1) is 12.3 Å². The summed E-state index contributed by atoms with van der Waals surface area (Å²) in [5, 5.41) is 0.626. The zero-order valence-corrected chi connectivity index (χ0v) is 22.0. The molecule has 1 atom stereocenters. The first kappa shape index (κ1) is 26.0. The molecule has 6 nitrogen and oxygen atoms in total. The first-order chi connectivity index (χ1) is 17.2. The summed E-state index contributed by atoms with van der Waals surface area (Å²) in [4.78, 5) is 31.3. The van der Waals surface area contributed by atoms with E-state index in [4.69, 9.17) is 26.1 Å². The van der Waals surface area contributed by atoms with Crippen LogP contribution in [0.5, 0.6) is 0 Å². The van der Waals surface area contributed by atoms with Gasteiger partial charge in [0.2, 0.25) is 0 Å². The van der Waals surface area contributed by atoms with Crippen LogP contribution in [-0.4, -0.2) is 47.2 Å². The van der Waals surface area contributed by atoms with Crippen LogP contribution >= 0.6 is 11.6 Å². The number of hydrogen-bond donors (Lipinski definition) is 0. The number of carbonyl (C=O) groups excluding carboxylic acids is 2. The lowest BCUT2D eigenvalue weighted by atomic mass is 9.76. The van der Waals surface area contributed by atoms with Gasteiger partial charge in [0.15, 0.2) is 0 Å². The molecule has 1 saturated heterocycles. The molecule has 1 amide bonds. The first-order valence-corrected chi connectivity index (χ1v) is 12.8. The second-order valence-corrected chi connectivity index (χ2v) is 10.6. The Morgan fingerprint density at radius 1 is 1.19 bits per heavy atom. The predicted molar refractivity (Wildman–Crippen MR) is 142 cm³/mol. The molecule has 36 heavy (non-hydrogen) atoms. The van der Waals surface area contributed by atoms with Gasteiger partial charge in [-0.3, -0.25) is 4.98 Å². The maximum absolute atomic E-state index is 12.6. The van der Waals surface area contributed by atoms with E-state index in [1.807, 2.05) is 45.2 Å². The quantitative estimate of drug-likeness (QED) is 0.349. The highest BCUT2D eigenvalue weighted by Gasteiger charge is 2.36. The molecule has 1 fully saturated rings. The SMILES string of the molecule is CCOC(=O)/C=C/C1=Cc2cccnc2C(C2CCN(C(=O)OC(C)(C)C)CC2)c2ccc(Cl)cc21. The third kappa shape index (κ3) is 5.98. The average Bonchev–Trinajstić information content (AvgIpc) is 2.96. The Balaban J connectivity index is 1.69. The predicted octanol–water partition coefficient (Wildman–Crippen LogP) is 6.49. The van der Waals surface area contributed by atoms with E-state index in [-0.39, 0.29) is 23.9 Å². The molecular weight excluding hydrogens is 476 g/mol. The van der Waals surface area contributed by atoms with E-state index in [9.17, 15) is 9.59 Å². The Hall–Kier alpha value is -3.12. The normalized spacial score (nSPS) is 18.2. The van der Waals surface area contributed by atoms with Gasteiger partial charge >= 0.3 is 12.1 Å². The van der Waals surface area contributed by atoms with Crippen LogP contribution in [0.15, 0.2) is 48.7 Å². The molecule has 1 aliphatic heterocycles. The third-order valence-corrected chi connectivity index (χ3v) is 6.72. The van der Waals surface area contributed by atoms with Crippen molar-refractivity contribution in [2.45, 2.75) is 52.1 Å². The van der Waals surface area contributed by atoms with Gasteiger partial charge in [0.25, 0.3) is 0 Å². The first-order valence-electron chi connectivity index (χ1n) is 12.5. The van der Waals surface area contributed by atoms with Gasteiger partial charge in [-0.05, 0) is 99.1 Å². The fraction of sp³-hybridized carbons (Fsp3) is 0.414. The number of pyridine rings is 1. The van der Waals surface area contributed by atoms with Crippen molar-refractivity contribution in [1.29, 1.82) is 0 Å². The number of carbonyl (C=O) groups is 2. The number of fused-ring (bicyclic) bond motifs is 2. The molecule has 1 aliphatic carbocycles. The molecule has 190 valence electrons. The fourth-order valence-electron chi connectivity index (χ4n) is 4.96. The molecule has 4 rings (SSSR count). The number of aromatic nitrogens is 1. The van der Waals surface area contributed by atoms with Crippen molar-refractivity contribution in [3.05, 3.63) is 76.1 Å². The van der Waals surface area contributed by atoms with E-state index < -0.39 is 5.60 Å². The van der Waals surface area contributed by atoms with Crippen LogP contribution in [0.1, 0.15) is 68.8 Å². The second-order valence-electron chi connectivity index (χ2n) is 10.2. The molecule has 2 heterocycles. The number of benzene rings is 1. The van der Waals surface area contributed by atoms with Crippen LogP contribution in [0.2, 0.25) is 5.02 Å². The number of allylic oxidation sites excluding steroid dienone is 2. The van der Waals surface area contributed by atoms with Gasteiger partial charge in [0.1, 0.15) is 5.60 Å². The molecule has 0 N–H and O–H groups in total. The summed E-state index contributed by atoms with van der Waals surface area (Å²) < 4.78 is 10.7. The summed E-state index contributed by atoms with van der Waals surface area (Å²) in [6.07, 6.45) is 8.52. The van der Waals surface area contributed by atoms with Crippen LogP contribution in [-0.2, 0) is 14.3 Å². The zero-order chi connectivity index (χ0) is 25.9. The van der Waals surface area contributed by atoms with Crippen molar-refractivity contribution in [3.63, 3.8) is 0 Å². The van der Waals surface area contributed by atoms with Gasteiger partial charge < -0.3 is 14.4 Å². The van der Waals surface area contributed by atoms with Gasteiger partial charge in [-0.1, -0.05) is 23.7 Å². The van der Waals surface area contributed by atoms with Gasteiger partial charge in [-0.15, -0.1) is 0 Å². The molecule has 0 saturated carbocycles. The Morgan fingerprint density at radius 3 is 2.64 bits per heavy atom. The summed E-state index contributed by atoms with van der Waals surface area (Å²) in [6.45, 7) is 9.01. The Morgan fingerprint density at radius 2 is 1.94 bits per heavy atom. The highest BCUT2D eigenvalue weighted by molar-refractivity contribution is 6.30. The lowest BCUT2D eigenvalue weighted by Gasteiger charge is -2.37. The number of piperidine rings is 1. The summed E-state index contributed by atoms with van der Waals surface area (Å²) in [6, 6.07) is 9.90. The highest BCUT2D eigenvalue weighted by Crippen LogP contribution is 2.45. The maximum Gasteiger partial charge on any atom is 0.410 e. The summed E-state index contributed by atoms with van der Waals surface area (Å²) in [5.74, 6) is -0.0817. The minimum atomic E-state index is -0.518. The minimum absolute atomic E-state index is 0.0268. The van der Waals surface area contributed by atoms with Crippen LogP contribution in [0, 0.1) is 5.92 Å². The molecule has 1 unspecified atom stereocenters. The summed E-state index contributed by atoms with van der Waals surface area (Å²) >= 11 is 6.44. The van der Waals surface area contributed by atoms with Crippen molar-refractivity contribution in [2.24, 2.45) is 5.92 Å². The van der Waals surface area contributed by atoms with E-state index in [0.717, 1.165) is 40.8 Å². The molecule has 1 aromatic carbocycles. The molecule has 7 heteroatoms. The van der Waals surface area contributed by atoms with Gasteiger partial charge in [0, 0.05) is 36.3 Å². The van der Waals surface area contributed by atoms with Crippen LogP contribution < -0.4 is 0 Å². The van der Waals surface area contributed by atoms with Crippen LogP contribution in [0.25, 0.3) is 11.6 Å². The molecule has 0 spiro atoms. The highest BCUT2D eigenvalue weighted by atomic mass is 35.5. The average molecular weight is 509 g/mol. The van der Waals surface area contributed by atoms with Crippen molar-refractivity contribution in [1.82, 2.24) is 9.88 Å². The van der Waals surface area contributed by atoms with Gasteiger partial charge in [-0.2, -0.15) is 0 Å². The van der Waals surface area contributed by atoms with E-state index in [1.54, 1.807) is 17.9 Å². The Kier molecular flexibility index (Phi) is 7.84. The third-order valence-electron chi connectivity index (χ3n) is 6.49. The van der Waals surface area contributed by atoms with Gasteiger partial charge in [-0.25, -0.2) is 9.59 Å². The smallest absolute Gasteiger partial charge is 0.410 e. The minimum Gasteiger partial charge on any atom is -0.463 e. The number of likely N-dealkylation sites (tertiary alicyclic amines) is 1. The number of hydrogen-bond acceptors (Lipinski definition) is 5. The molecule has 1 aromatic heterocycles. The second kappa shape index (κ2) is 10.9. The maximum atomic E-state index is 12.6. The number of amides is 1.